The zero-order chi connectivity index (χ0) is 16.4. The van der Waals surface area contributed by atoms with Gasteiger partial charge in [-0.05, 0) is 49.2 Å². The summed E-state index contributed by atoms with van der Waals surface area (Å²) in [5.41, 5.74) is 1.31. The number of methoxy groups -OCH3 is 1. The molecule has 0 unspecified atom stereocenters. The van der Waals surface area contributed by atoms with Gasteiger partial charge in [0.2, 0.25) is 5.91 Å². The van der Waals surface area contributed by atoms with Crippen LogP contribution in [-0.2, 0) is 20.7 Å². The van der Waals surface area contributed by atoms with Gasteiger partial charge < -0.3 is 9.64 Å². The first kappa shape index (κ1) is 16.5. The van der Waals surface area contributed by atoms with Gasteiger partial charge in [0.15, 0.2) is 0 Å². The van der Waals surface area contributed by atoms with Gasteiger partial charge in [-0.15, -0.1) is 11.3 Å². The lowest BCUT2D eigenvalue weighted by Gasteiger charge is -2.37. The van der Waals surface area contributed by atoms with Gasteiger partial charge in [-0.1, -0.05) is 6.92 Å². The van der Waals surface area contributed by atoms with E-state index in [1.165, 1.54) is 17.6 Å². The van der Waals surface area contributed by atoms with Crippen LogP contribution in [0.5, 0.6) is 0 Å². The quantitative estimate of drug-likeness (QED) is 0.791. The second-order valence-corrected chi connectivity index (χ2v) is 7.21. The Balaban J connectivity index is 1.70. The van der Waals surface area contributed by atoms with E-state index in [-0.39, 0.29) is 24.0 Å². The molecule has 126 valence electrons. The minimum Gasteiger partial charge on any atom is -0.468 e. The van der Waals surface area contributed by atoms with Gasteiger partial charge in [0.1, 0.15) is 6.04 Å². The second-order valence-electron chi connectivity index (χ2n) is 6.21. The summed E-state index contributed by atoms with van der Waals surface area (Å²) >= 11 is 1.79. The molecule has 0 N–H and O–H groups in total. The molecule has 1 amide bonds. The Bertz CT molecular complexity index is 586. The summed E-state index contributed by atoms with van der Waals surface area (Å²) in [5, 5.41) is 2.12. The number of esters is 1. The first-order valence-corrected chi connectivity index (χ1v) is 9.21. The van der Waals surface area contributed by atoms with Gasteiger partial charge in [0.05, 0.1) is 19.7 Å². The molecule has 3 heterocycles. The van der Waals surface area contributed by atoms with Gasteiger partial charge >= 0.3 is 5.97 Å². The first-order valence-electron chi connectivity index (χ1n) is 8.33. The molecule has 1 fully saturated rings. The van der Waals surface area contributed by atoms with Crippen LogP contribution in [0, 0.1) is 0 Å². The SMILES string of the molecule is CC[C@@H]1c2ccsc2CCN1C(=O)CN1CCC[C@H]1C(=O)OC. The van der Waals surface area contributed by atoms with E-state index in [4.69, 9.17) is 4.74 Å². The predicted molar refractivity (Wildman–Crippen MR) is 89.4 cm³/mol. The van der Waals surface area contributed by atoms with Crippen molar-refractivity contribution >= 4 is 23.2 Å². The average molecular weight is 336 g/mol. The van der Waals surface area contributed by atoms with E-state index in [1.807, 2.05) is 9.80 Å². The molecule has 0 aliphatic carbocycles. The van der Waals surface area contributed by atoms with Gasteiger partial charge in [-0.2, -0.15) is 0 Å². The van der Waals surface area contributed by atoms with E-state index in [9.17, 15) is 9.59 Å². The number of hydrogen-bond acceptors (Lipinski definition) is 5. The molecule has 1 saturated heterocycles. The van der Waals surface area contributed by atoms with Crippen molar-refractivity contribution in [2.24, 2.45) is 0 Å². The van der Waals surface area contributed by atoms with Gasteiger partial charge in [0.25, 0.3) is 0 Å². The number of amides is 1. The molecule has 0 radical (unpaired) electrons. The predicted octanol–water partition coefficient (Wildman–Crippen LogP) is 2.22. The van der Waals surface area contributed by atoms with Crippen molar-refractivity contribution in [3.05, 3.63) is 21.9 Å². The molecule has 2 aliphatic heterocycles. The fourth-order valence-corrected chi connectivity index (χ4v) is 4.75. The highest BCUT2D eigenvalue weighted by molar-refractivity contribution is 7.10. The molecular formula is C17H24N2O3S. The fraction of sp³-hybridized carbons (Fsp3) is 0.647. The second kappa shape index (κ2) is 7.01. The fourth-order valence-electron chi connectivity index (χ4n) is 3.82. The Labute approximate surface area is 141 Å². The molecule has 6 heteroatoms. The maximum Gasteiger partial charge on any atom is 0.323 e. The number of likely N-dealkylation sites (tertiary alicyclic amines) is 1. The van der Waals surface area contributed by atoms with Crippen LogP contribution in [0.4, 0.5) is 0 Å². The maximum atomic E-state index is 12.8. The lowest BCUT2D eigenvalue weighted by molar-refractivity contribution is -0.147. The zero-order valence-corrected chi connectivity index (χ0v) is 14.6. The van der Waals surface area contributed by atoms with Crippen molar-refractivity contribution < 1.29 is 14.3 Å². The maximum absolute atomic E-state index is 12.8. The summed E-state index contributed by atoms with van der Waals surface area (Å²) in [7, 11) is 1.41. The molecule has 1 aromatic heterocycles. The van der Waals surface area contributed by atoms with Crippen LogP contribution >= 0.6 is 11.3 Å². The third-order valence-corrected chi connectivity index (χ3v) is 5.97. The minimum atomic E-state index is -0.259. The van der Waals surface area contributed by atoms with Crippen molar-refractivity contribution in [2.75, 3.05) is 26.7 Å². The smallest absolute Gasteiger partial charge is 0.323 e. The van der Waals surface area contributed by atoms with Crippen LogP contribution in [0.25, 0.3) is 0 Å². The van der Waals surface area contributed by atoms with Crippen molar-refractivity contribution in [1.29, 1.82) is 0 Å². The molecule has 1 aromatic rings. The summed E-state index contributed by atoms with van der Waals surface area (Å²) in [5.74, 6) is -0.0920. The molecule has 2 aliphatic rings. The summed E-state index contributed by atoms with van der Waals surface area (Å²) in [6.07, 6.45) is 3.59. The van der Waals surface area contributed by atoms with E-state index in [1.54, 1.807) is 11.3 Å². The molecule has 5 nitrogen and oxygen atoms in total. The largest absolute Gasteiger partial charge is 0.468 e. The van der Waals surface area contributed by atoms with Crippen LogP contribution < -0.4 is 0 Å². The molecular weight excluding hydrogens is 312 g/mol. The number of ether oxygens (including phenoxy) is 1. The number of carbonyl (C=O) groups is 2. The Morgan fingerprint density at radius 3 is 2.96 bits per heavy atom. The molecule has 2 atom stereocenters. The Morgan fingerprint density at radius 2 is 2.22 bits per heavy atom. The number of rotatable bonds is 4. The highest BCUT2D eigenvalue weighted by atomic mass is 32.1. The molecule has 0 saturated carbocycles. The Kier molecular flexibility index (Phi) is 5.02. The lowest BCUT2D eigenvalue weighted by atomic mass is 9.97. The van der Waals surface area contributed by atoms with Crippen molar-refractivity contribution in [1.82, 2.24) is 9.80 Å². The molecule has 3 rings (SSSR count). The van der Waals surface area contributed by atoms with Crippen molar-refractivity contribution in [2.45, 2.75) is 44.7 Å². The Hall–Kier alpha value is -1.40. The summed E-state index contributed by atoms with van der Waals surface area (Å²) in [6.45, 7) is 4.02. The van der Waals surface area contributed by atoms with E-state index in [0.29, 0.717) is 6.54 Å². The summed E-state index contributed by atoms with van der Waals surface area (Å²) < 4.78 is 4.87. The van der Waals surface area contributed by atoms with Crippen LogP contribution in [0.3, 0.4) is 0 Å². The van der Waals surface area contributed by atoms with E-state index in [2.05, 4.69) is 18.4 Å². The van der Waals surface area contributed by atoms with E-state index >= 15 is 0 Å². The van der Waals surface area contributed by atoms with Crippen LogP contribution in [0.15, 0.2) is 11.4 Å². The molecule has 0 aromatic carbocycles. The van der Waals surface area contributed by atoms with Gasteiger partial charge in [-0.25, -0.2) is 0 Å². The zero-order valence-electron chi connectivity index (χ0n) is 13.8. The standard InChI is InChI=1S/C17H24N2O3S/c1-3-13-12-7-10-23-15(12)6-9-19(13)16(20)11-18-8-4-5-14(18)17(21)22-2/h7,10,13-14H,3-6,8-9,11H2,1-2H3/t13-,14+/m1/s1. The topological polar surface area (TPSA) is 49.9 Å². The number of nitrogens with zero attached hydrogens (tertiary/aromatic N) is 2. The summed E-state index contributed by atoms with van der Waals surface area (Å²) in [4.78, 5) is 30.1. The number of carbonyl (C=O) groups excluding carboxylic acids is 2. The number of hydrogen-bond donors (Lipinski definition) is 0. The lowest BCUT2D eigenvalue weighted by Crippen LogP contribution is -2.47. The minimum absolute atomic E-state index is 0.129. The molecule has 0 bridgehead atoms. The third kappa shape index (κ3) is 3.15. The van der Waals surface area contributed by atoms with Crippen molar-refractivity contribution in [3.63, 3.8) is 0 Å². The Morgan fingerprint density at radius 1 is 1.39 bits per heavy atom. The average Bonchev–Trinajstić information content (AvgIpc) is 3.21. The highest BCUT2D eigenvalue weighted by Crippen LogP contribution is 2.35. The van der Waals surface area contributed by atoms with E-state index in [0.717, 1.165) is 38.8 Å². The monoisotopic (exact) mass is 336 g/mol. The van der Waals surface area contributed by atoms with Crippen LogP contribution in [0.2, 0.25) is 0 Å². The molecule has 23 heavy (non-hydrogen) atoms. The molecule has 0 spiro atoms. The summed E-state index contributed by atoms with van der Waals surface area (Å²) in [6, 6.07) is 2.07. The van der Waals surface area contributed by atoms with E-state index < -0.39 is 0 Å². The van der Waals surface area contributed by atoms with Gasteiger partial charge in [-0.3, -0.25) is 14.5 Å². The third-order valence-electron chi connectivity index (χ3n) is 4.98. The van der Waals surface area contributed by atoms with Crippen molar-refractivity contribution in [3.8, 4) is 0 Å². The normalized spacial score (nSPS) is 24.5. The van der Waals surface area contributed by atoms with Crippen LogP contribution in [0.1, 0.15) is 42.7 Å². The van der Waals surface area contributed by atoms with Crippen LogP contribution in [-0.4, -0.2) is 54.5 Å². The highest BCUT2D eigenvalue weighted by Gasteiger charge is 2.36. The number of thiophene rings is 1. The van der Waals surface area contributed by atoms with Gasteiger partial charge in [0, 0.05) is 11.4 Å². The first-order chi connectivity index (χ1) is 11.2. The number of fused-ring (bicyclic) bond motifs is 1.